The number of methoxy groups -OCH3 is 1. The van der Waals surface area contributed by atoms with Gasteiger partial charge in [0.25, 0.3) is 0 Å². The Bertz CT molecular complexity index is 393. The van der Waals surface area contributed by atoms with Gasteiger partial charge < -0.3 is 15.4 Å². The Morgan fingerprint density at radius 2 is 2.20 bits per heavy atom. The van der Waals surface area contributed by atoms with Gasteiger partial charge in [-0.05, 0) is 18.4 Å². The molecule has 4 nitrogen and oxygen atoms in total. The SMILES string of the molecule is CN=C(NCC(C)(C)c1cccs1)NC(C)COC.I. The average molecular weight is 411 g/mol. The highest BCUT2D eigenvalue weighted by Gasteiger charge is 2.22. The molecule has 1 aromatic rings. The topological polar surface area (TPSA) is 45.7 Å². The lowest BCUT2D eigenvalue weighted by Gasteiger charge is -2.26. The van der Waals surface area contributed by atoms with Crippen LogP contribution in [0.15, 0.2) is 22.5 Å². The van der Waals surface area contributed by atoms with Gasteiger partial charge in [-0.25, -0.2) is 0 Å². The molecule has 2 N–H and O–H groups in total. The lowest BCUT2D eigenvalue weighted by molar-refractivity contribution is 0.179. The molecule has 0 aliphatic heterocycles. The summed E-state index contributed by atoms with van der Waals surface area (Å²) in [6.07, 6.45) is 0. The van der Waals surface area contributed by atoms with Crippen molar-refractivity contribution < 1.29 is 4.74 Å². The van der Waals surface area contributed by atoms with E-state index in [0.717, 1.165) is 12.5 Å². The summed E-state index contributed by atoms with van der Waals surface area (Å²) in [6.45, 7) is 8.04. The number of halogens is 1. The minimum Gasteiger partial charge on any atom is -0.383 e. The van der Waals surface area contributed by atoms with E-state index >= 15 is 0 Å². The number of nitrogens with one attached hydrogen (secondary N) is 2. The minimum absolute atomic E-state index is 0. The Labute approximate surface area is 143 Å². The molecule has 0 saturated heterocycles. The molecule has 1 heterocycles. The molecule has 0 aliphatic rings. The number of ether oxygens (including phenoxy) is 1. The molecule has 0 fully saturated rings. The van der Waals surface area contributed by atoms with Crippen LogP contribution in [0.2, 0.25) is 0 Å². The quantitative estimate of drug-likeness (QED) is 0.430. The first kappa shape index (κ1) is 19.7. The van der Waals surface area contributed by atoms with Crippen LogP contribution >= 0.6 is 35.3 Å². The Morgan fingerprint density at radius 3 is 2.70 bits per heavy atom. The third-order valence-electron chi connectivity index (χ3n) is 2.91. The number of hydrogen-bond acceptors (Lipinski definition) is 3. The second-order valence-electron chi connectivity index (χ2n) is 5.29. The molecule has 0 aromatic carbocycles. The first-order valence-electron chi connectivity index (χ1n) is 6.49. The molecule has 0 bridgehead atoms. The number of aliphatic imine (C=N–C) groups is 1. The zero-order valence-corrected chi connectivity index (χ0v) is 16.0. The maximum absolute atomic E-state index is 5.11. The third kappa shape index (κ3) is 6.41. The van der Waals surface area contributed by atoms with Gasteiger partial charge in [-0.1, -0.05) is 19.9 Å². The summed E-state index contributed by atoms with van der Waals surface area (Å²) in [5.74, 6) is 0.814. The van der Waals surface area contributed by atoms with Gasteiger partial charge in [0, 0.05) is 37.0 Å². The number of rotatable bonds is 6. The van der Waals surface area contributed by atoms with Gasteiger partial charge in [0.15, 0.2) is 5.96 Å². The molecule has 1 rings (SSSR count). The number of hydrogen-bond donors (Lipinski definition) is 2. The second-order valence-corrected chi connectivity index (χ2v) is 6.24. The summed E-state index contributed by atoms with van der Waals surface area (Å²) in [7, 11) is 3.49. The largest absolute Gasteiger partial charge is 0.383 e. The molecule has 0 saturated carbocycles. The van der Waals surface area contributed by atoms with Crippen molar-refractivity contribution in [1.29, 1.82) is 0 Å². The van der Waals surface area contributed by atoms with Crippen molar-refractivity contribution in [2.24, 2.45) is 4.99 Å². The van der Waals surface area contributed by atoms with E-state index in [1.165, 1.54) is 4.88 Å². The second kappa shape index (κ2) is 9.57. The van der Waals surface area contributed by atoms with E-state index in [2.05, 4.69) is 53.9 Å². The van der Waals surface area contributed by atoms with Crippen LogP contribution in [-0.2, 0) is 10.2 Å². The van der Waals surface area contributed by atoms with Crippen LogP contribution in [0.3, 0.4) is 0 Å². The van der Waals surface area contributed by atoms with Gasteiger partial charge in [-0.2, -0.15) is 0 Å². The van der Waals surface area contributed by atoms with Gasteiger partial charge in [-0.15, -0.1) is 35.3 Å². The highest BCUT2D eigenvalue weighted by molar-refractivity contribution is 14.0. The molecular formula is C14H26IN3OS. The molecule has 0 radical (unpaired) electrons. The fourth-order valence-corrected chi connectivity index (χ4v) is 2.63. The predicted octanol–water partition coefficient (Wildman–Crippen LogP) is 2.84. The van der Waals surface area contributed by atoms with Gasteiger partial charge >= 0.3 is 0 Å². The van der Waals surface area contributed by atoms with E-state index in [-0.39, 0.29) is 35.4 Å². The van der Waals surface area contributed by atoms with Crippen LogP contribution in [-0.4, -0.2) is 39.3 Å². The zero-order chi connectivity index (χ0) is 14.3. The summed E-state index contributed by atoms with van der Waals surface area (Å²) >= 11 is 1.79. The van der Waals surface area contributed by atoms with E-state index in [1.807, 2.05) is 0 Å². The Morgan fingerprint density at radius 1 is 1.50 bits per heavy atom. The summed E-state index contributed by atoms with van der Waals surface area (Å²) in [5.41, 5.74) is 0.0935. The van der Waals surface area contributed by atoms with Crippen molar-refractivity contribution >= 4 is 41.3 Å². The predicted molar refractivity (Wildman–Crippen MR) is 98.6 cm³/mol. The number of guanidine groups is 1. The maximum Gasteiger partial charge on any atom is 0.191 e. The first-order valence-corrected chi connectivity index (χ1v) is 7.37. The molecule has 0 aliphatic carbocycles. The van der Waals surface area contributed by atoms with E-state index in [4.69, 9.17) is 4.74 Å². The van der Waals surface area contributed by atoms with Gasteiger partial charge in [-0.3, -0.25) is 4.99 Å². The van der Waals surface area contributed by atoms with Crippen LogP contribution in [0.4, 0.5) is 0 Å². The summed E-state index contributed by atoms with van der Waals surface area (Å²) in [5, 5.41) is 8.80. The smallest absolute Gasteiger partial charge is 0.191 e. The molecule has 1 unspecified atom stereocenters. The fraction of sp³-hybridized carbons (Fsp3) is 0.643. The van der Waals surface area contributed by atoms with Crippen molar-refractivity contribution in [2.45, 2.75) is 32.2 Å². The normalized spacial score (nSPS) is 13.6. The molecule has 1 atom stereocenters. The highest BCUT2D eigenvalue weighted by atomic mass is 127. The van der Waals surface area contributed by atoms with E-state index < -0.39 is 0 Å². The van der Waals surface area contributed by atoms with Crippen LogP contribution in [0.25, 0.3) is 0 Å². The molecular weight excluding hydrogens is 385 g/mol. The standard InChI is InChI=1S/C14H25N3OS.HI/c1-11(9-18-5)17-13(15-4)16-10-14(2,3)12-7-6-8-19-12;/h6-8,11H,9-10H2,1-5H3,(H2,15,16,17);1H. The summed E-state index contributed by atoms with van der Waals surface area (Å²) in [4.78, 5) is 5.61. The zero-order valence-electron chi connectivity index (χ0n) is 12.9. The lowest BCUT2D eigenvalue weighted by atomic mass is 9.91. The van der Waals surface area contributed by atoms with Crippen molar-refractivity contribution in [3.8, 4) is 0 Å². The van der Waals surface area contributed by atoms with Crippen LogP contribution in [0.5, 0.6) is 0 Å². The van der Waals surface area contributed by atoms with Crippen LogP contribution in [0, 0.1) is 0 Å². The van der Waals surface area contributed by atoms with Crippen molar-refractivity contribution in [3.05, 3.63) is 22.4 Å². The van der Waals surface area contributed by atoms with E-state index in [0.29, 0.717) is 6.61 Å². The first-order chi connectivity index (χ1) is 8.99. The van der Waals surface area contributed by atoms with E-state index in [1.54, 1.807) is 25.5 Å². The van der Waals surface area contributed by atoms with Gasteiger partial charge in [0.2, 0.25) is 0 Å². The molecule has 116 valence electrons. The van der Waals surface area contributed by atoms with Crippen molar-refractivity contribution in [3.63, 3.8) is 0 Å². The molecule has 20 heavy (non-hydrogen) atoms. The molecule has 6 heteroatoms. The van der Waals surface area contributed by atoms with Crippen molar-refractivity contribution in [2.75, 3.05) is 27.3 Å². The third-order valence-corrected chi connectivity index (χ3v) is 4.15. The van der Waals surface area contributed by atoms with Gasteiger partial charge in [0.1, 0.15) is 0 Å². The Hall–Kier alpha value is -0.340. The van der Waals surface area contributed by atoms with Gasteiger partial charge in [0.05, 0.1) is 6.61 Å². The van der Waals surface area contributed by atoms with Crippen LogP contribution < -0.4 is 10.6 Å². The summed E-state index contributed by atoms with van der Waals surface area (Å²) < 4.78 is 5.11. The number of thiophene rings is 1. The van der Waals surface area contributed by atoms with E-state index in [9.17, 15) is 0 Å². The highest BCUT2D eigenvalue weighted by Crippen LogP contribution is 2.26. The van der Waals surface area contributed by atoms with Crippen molar-refractivity contribution in [1.82, 2.24) is 10.6 Å². The minimum atomic E-state index is 0. The monoisotopic (exact) mass is 411 g/mol. The fourth-order valence-electron chi connectivity index (χ4n) is 1.78. The molecule has 0 amide bonds. The lowest BCUT2D eigenvalue weighted by Crippen LogP contribution is -2.47. The maximum atomic E-state index is 5.11. The Kier molecular flexibility index (Phi) is 9.41. The summed E-state index contributed by atoms with van der Waals surface area (Å²) in [6, 6.07) is 4.51. The molecule has 1 aromatic heterocycles. The Balaban J connectivity index is 0.00000361. The number of nitrogens with zero attached hydrogens (tertiary/aromatic N) is 1. The molecule has 0 spiro atoms. The average Bonchev–Trinajstić information content (AvgIpc) is 2.89. The van der Waals surface area contributed by atoms with Crippen LogP contribution in [0.1, 0.15) is 25.6 Å².